The van der Waals surface area contributed by atoms with Crippen molar-refractivity contribution in [2.45, 2.75) is 13.8 Å². The van der Waals surface area contributed by atoms with Gasteiger partial charge in [-0.05, 0) is 26.0 Å². The van der Waals surface area contributed by atoms with Gasteiger partial charge in [0.05, 0.1) is 11.4 Å². The molecule has 7 heteroatoms. The van der Waals surface area contributed by atoms with E-state index in [1.807, 2.05) is 0 Å². The van der Waals surface area contributed by atoms with E-state index < -0.39 is 6.09 Å². The number of nitrogens with zero attached hydrogens (tertiary/aromatic N) is 2. The molecule has 2 heterocycles. The van der Waals surface area contributed by atoms with Gasteiger partial charge >= 0.3 is 6.09 Å². The highest BCUT2D eigenvalue weighted by molar-refractivity contribution is 5.73. The predicted octanol–water partition coefficient (Wildman–Crippen LogP) is 1.39. The highest BCUT2D eigenvalue weighted by Gasteiger charge is 2.20. The van der Waals surface area contributed by atoms with Crippen LogP contribution in [-0.4, -0.2) is 16.2 Å². The minimum absolute atomic E-state index is 0.166. The van der Waals surface area contributed by atoms with E-state index in [1.54, 1.807) is 26.0 Å². The second-order valence-corrected chi connectivity index (χ2v) is 3.72. The standard InChI is InChI=1S/C11H12N4O3/c1-5-7(12)3-4-8(14-5)10-9(17-11(13)16)6(2)15-18-10/h3-4H,12H2,1-2H3,(H2,13,16). The van der Waals surface area contributed by atoms with Gasteiger partial charge in [-0.2, -0.15) is 0 Å². The van der Waals surface area contributed by atoms with Crippen LogP contribution in [0.2, 0.25) is 0 Å². The third kappa shape index (κ3) is 2.10. The number of nitrogens with two attached hydrogens (primary N) is 2. The molecule has 0 fully saturated rings. The molecular weight excluding hydrogens is 236 g/mol. The van der Waals surface area contributed by atoms with Crippen LogP contribution in [0.25, 0.3) is 11.5 Å². The van der Waals surface area contributed by atoms with Gasteiger partial charge in [-0.25, -0.2) is 9.78 Å². The van der Waals surface area contributed by atoms with E-state index >= 15 is 0 Å². The molecule has 0 saturated carbocycles. The first kappa shape index (κ1) is 11.9. The highest BCUT2D eigenvalue weighted by Crippen LogP contribution is 2.32. The van der Waals surface area contributed by atoms with Gasteiger partial charge in [0.1, 0.15) is 11.4 Å². The summed E-state index contributed by atoms with van der Waals surface area (Å²) in [6, 6.07) is 3.33. The van der Waals surface area contributed by atoms with Crippen LogP contribution in [0.5, 0.6) is 5.75 Å². The number of aryl methyl sites for hydroxylation is 2. The van der Waals surface area contributed by atoms with Crippen molar-refractivity contribution in [1.29, 1.82) is 0 Å². The molecule has 4 N–H and O–H groups in total. The van der Waals surface area contributed by atoms with Crippen LogP contribution >= 0.6 is 0 Å². The lowest BCUT2D eigenvalue weighted by Crippen LogP contribution is -2.16. The van der Waals surface area contributed by atoms with Gasteiger partial charge in [0, 0.05) is 0 Å². The van der Waals surface area contributed by atoms with Crippen LogP contribution in [0.1, 0.15) is 11.4 Å². The molecule has 0 aliphatic carbocycles. The Labute approximate surface area is 103 Å². The van der Waals surface area contributed by atoms with Crippen molar-refractivity contribution in [3.05, 3.63) is 23.5 Å². The van der Waals surface area contributed by atoms with Gasteiger partial charge in [-0.3, -0.25) is 0 Å². The lowest BCUT2D eigenvalue weighted by molar-refractivity contribution is 0.210. The summed E-state index contributed by atoms with van der Waals surface area (Å²) in [7, 11) is 0. The van der Waals surface area contributed by atoms with Crippen molar-refractivity contribution in [3.8, 4) is 17.2 Å². The van der Waals surface area contributed by atoms with E-state index in [9.17, 15) is 4.79 Å². The van der Waals surface area contributed by atoms with Crippen molar-refractivity contribution in [2.75, 3.05) is 5.73 Å². The maximum Gasteiger partial charge on any atom is 0.410 e. The highest BCUT2D eigenvalue weighted by atomic mass is 16.6. The molecule has 1 amide bonds. The fraction of sp³-hybridized carbons (Fsp3) is 0.182. The second-order valence-electron chi connectivity index (χ2n) is 3.72. The monoisotopic (exact) mass is 248 g/mol. The molecule has 2 aromatic rings. The summed E-state index contributed by atoms with van der Waals surface area (Å²) in [4.78, 5) is 15.0. The summed E-state index contributed by atoms with van der Waals surface area (Å²) in [5.74, 6) is 0.411. The Morgan fingerprint density at radius 3 is 2.67 bits per heavy atom. The van der Waals surface area contributed by atoms with Gasteiger partial charge < -0.3 is 20.7 Å². The molecule has 0 bridgehead atoms. The quantitative estimate of drug-likeness (QED) is 0.829. The molecule has 0 unspecified atom stereocenters. The number of ether oxygens (including phenoxy) is 1. The Kier molecular flexibility index (Phi) is 2.88. The number of pyridine rings is 1. The fourth-order valence-electron chi connectivity index (χ4n) is 1.44. The number of amides is 1. The summed E-state index contributed by atoms with van der Waals surface area (Å²) in [5, 5.41) is 3.72. The first-order valence-corrected chi connectivity index (χ1v) is 5.16. The molecule has 0 aliphatic rings. The van der Waals surface area contributed by atoms with E-state index in [1.165, 1.54) is 0 Å². The minimum Gasteiger partial charge on any atom is -0.404 e. The van der Waals surface area contributed by atoms with Crippen molar-refractivity contribution >= 4 is 11.8 Å². The zero-order valence-electron chi connectivity index (χ0n) is 9.93. The maximum atomic E-state index is 10.8. The molecule has 0 aliphatic heterocycles. The molecule has 0 saturated heterocycles. The van der Waals surface area contributed by atoms with Gasteiger partial charge in [-0.15, -0.1) is 0 Å². The van der Waals surface area contributed by atoms with Crippen LogP contribution in [-0.2, 0) is 0 Å². The van der Waals surface area contributed by atoms with Gasteiger partial charge in [0.15, 0.2) is 0 Å². The Balaban J connectivity index is 2.50. The summed E-state index contributed by atoms with van der Waals surface area (Å²) in [6.07, 6.45) is -0.935. The number of nitrogen functional groups attached to an aromatic ring is 1. The summed E-state index contributed by atoms with van der Waals surface area (Å²) in [5.41, 5.74) is 12.8. The number of aromatic nitrogens is 2. The Morgan fingerprint density at radius 1 is 1.33 bits per heavy atom. The molecule has 0 spiro atoms. The second kappa shape index (κ2) is 4.36. The van der Waals surface area contributed by atoms with Crippen molar-refractivity contribution in [2.24, 2.45) is 5.73 Å². The first-order valence-electron chi connectivity index (χ1n) is 5.16. The molecule has 0 radical (unpaired) electrons. The molecule has 2 aromatic heterocycles. The minimum atomic E-state index is -0.935. The molecule has 0 aromatic carbocycles. The molecule has 7 nitrogen and oxygen atoms in total. The fourth-order valence-corrected chi connectivity index (χ4v) is 1.44. The van der Waals surface area contributed by atoms with Crippen LogP contribution < -0.4 is 16.2 Å². The van der Waals surface area contributed by atoms with E-state index in [-0.39, 0.29) is 11.5 Å². The average molecular weight is 248 g/mol. The topological polar surface area (TPSA) is 117 Å². The first-order chi connectivity index (χ1) is 8.49. The van der Waals surface area contributed by atoms with Crippen LogP contribution in [0.3, 0.4) is 0 Å². The number of primary amides is 1. The van der Waals surface area contributed by atoms with Gasteiger partial charge in [-0.1, -0.05) is 5.16 Å². The maximum absolute atomic E-state index is 10.8. The SMILES string of the molecule is Cc1nc(-c2onc(C)c2OC(N)=O)ccc1N. The van der Waals surface area contributed by atoms with Crippen LogP contribution in [0, 0.1) is 13.8 Å². The largest absolute Gasteiger partial charge is 0.410 e. The summed E-state index contributed by atoms with van der Waals surface area (Å²) < 4.78 is 9.94. The van der Waals surface area contributed by atoms with E-state index in [2.05, 4.69) is 10.1 Å². The third-order valence-corrected chi connectivity index (χ3v) is 2.37. The Bertz CT molecular complexity index is 606. The lowest BCUT2D eigenvalue weighted by atomic mass is 10.2. The van der Waals surface area contributed by atoms with E-state index in [4.69, 9.17) is 20.7 Å². The van der Waals surface area contributed by atoms with Crippen LogP contribution in [0.15, 0.2) is 16.7 Å². The number of hydrogen-bond acceptors (Lipinski definition) is 6. The number of carbonyl (C=O) groups excluding carboxylic acids is 1. The Hall–Kier alpha value is -2.57. The predicted molar refractivity (Wildman–Crippen MR) is 63.8 cm³/mol. The zero-order chi connectivity index (χ0) is 13.3. The average Bonchev–Trinajstić information content (AvgIpc) is 2.64. The normalized spacial score (nSPS) is 10.3. The lowest BCUT2D eigenvalue weighted by Gasteiger charge is -2.03. The van der Waals surface area contributed by atoms with Crippen molar-refractivity contribution in [3.63, 3.8) is 0 Å². The smallest absolute Gasteiger partial charge is 0.404 e. The van der Waals surface area contributed by atoms with E-state index in [0.717, 1.165) is 0 Å². The number of carbonyl (C=O) groups is 1. The summed E-state index contributed by atoms with van der Waals surface area (Å²) in [6.45, 7) is 3.39. The molecule has 18 heavy (non-hydrogen) atoms. The summed E-state index contributed by atoms with van der Waals surface area (Å²) >= 11 is 0. The number of anilines is 1. The van der Waals surface area contributed by atoms with Crippen molar-refractivity contribution < 1.29 is 14.1 Å². The number of rotatable bonds is 2. The molecule has 0 atom stereocenters. The van der Waals surface area contributed by atoms with Gasteiger partial charge in [0.2, 0.25) is 11.5 Å². The molecule has 94 valence electrons. The van der Waals surface area contributed by atoms with Crippen LogP contribution in [0.4, 0.5) is 10.5 Å². The zero-order valence-corrected chi connectivity index (χ0v) is 9.93. The van der Waals surface area contributed by atoms with Gasteiger partial charge in [0.25, 0.3) is 0 Å². The Morgan fingerprint density at radius 2 is 2.06 bits per heavy atom. The molecular formula is C11H12N4O3. The van der Waals surface area contributed by atoms with E-state index in [0.29, 0.717) is 22.8 Å². The number of hydrogen-bond donors (Lipinski definition) is 2. The third-order valence-electron chi connectivity index (χ3n) is 2.37. The van der Waals surface area contributed by atoms with Crippen molar-refractivity contribution in [1.82, 2.24) is 10.1 Å². The molecule has 2 rings (SSSR count).